The number of anilines is 1. The van der Waals surface area contributed by atoms with Gasteiger partial charge in [0.15, 0.2) is 17.3 Å². The minimum Gasteiger partial charge on any atom is -0.493 e. The number of ketones is 1. The van der Waals surface area contributed by atoms with E-state index in [0.29, 0.717) is 39.9 Å². The zero-order chi connectivity index (χ0) is 24.5. The minimum absolute atomic E-state index is 0.0379. The van der Waals surface area contributed by atoms with Gasteiger partial charge in [-0.15, -0.1) is 0 Å². The van der Waals surface area contributed by atoms with Crippen LogP contribution >= 0.6 is 11.6 Å². The summed E-state index contributed by atoms with van der Waals surface area (Å²) in [6.07, 6.45) is 1.77. The number of hydrogen-bond acceptors (Lipinski definition) is 7. The molecule has 2 aromatic carbocycles. The van der Waals surface area contributed by atoms with Crippen LogP contribution in [0.25, 0.3) is 0 Å². The second-order valence-corrected chi connectivity index (χ2v) is 8.42. The van der Waals surface area contributed by atoms with Crippen LogP contribution in [0.15, 0.2) is 36.4 Å². The van der Waals surface area contributed by atoms with E-state index in [1.165, 1.54) is 21.3 Å². The lowest BCUT2D eigenvalue weighted by atomic mass is 9.89. The Morgan fingerprint density at radius 2 is 1.65 bits per heavy atom. The monoisotopic (exact) mass is 490 g/mol. The zero-order valence-electron chi connectivity index (χ0n) is 19.8. The van der Waals surface area contributed by atoms with Gasteiger partial charge in [-0.25, -0.2) is 4.79 Å². The molecule has 3 rings (SSSR count). The Morgan fingerprint density at radius 3 is 2.26 bits per heavy atom. The first kappa shape index (κ1) is 25.6. The van der Waals surface area contributed by atoms with Crippen LogP contribution in [0.1, 0.15) is 29.6 Å². The predicted octanol–water partition coefficient (Wildman–Crippen LogP) is 4.90. The van der Waals surface area contributed by atoms with Gasteiger partial charge in [-0.05, 0) is 68.8 Å². The first-order chi connectivity index (χ1) is 16.5. The Morgan fingerprint density at radius 1 is 0.971 bits per heavy atom. The summed E-state index contributed by atoms with van der Waals surface area (Å²) in [5.74, 6) is 1.46. The lowest BCUT2D eigenvalue weighted by molar-refractivity contribution is 0.0830. The van der Waals surface area contributed by atoms with E-state index in [9.17, 15) is 9.59 Å². The van der Waals surface area contributed by atoms with Crippen molar-refractivity contribution in [2.45, 2.75) is 19.3 Å². The fourth-order valence-electron chi connectivity index (χ4n) is 4.07. The number of benzene rings is 2. The van der Waals surface area contributed by atoms with Crippen molar-refractivity contribution in [2.75, 3.05) is 52.9 Å². The van der Waals surface area contributed by atoms with Gasteiger partial charge in [-0.3, -0.25) is 10.1 Å². The van der Waals surface area contributed by atoms with E-state index in [2.05, 4.69) is 10.2 Å². The van der Waals surface area contributed by atoms with Gasteiger partial charge in [0.2, 0.25) is 5.75 Å². The number of Topliss-reactive ketones (excluding diaryl/α,β-unsaturated/α-hetero) is 1. The van der Waals surface area contributed by atoms with Crippen LogP contribution in [0, 0.1) is 5.92 Å². The molecular weight excluding hydrogens is 460 g/mol. The van der Waals surface area contributed by atoms with E-state index in [1.54, 1.807) is 36.4 Å². The third-order valence-corrected chi connectivity index (χ3v) is 6.13. The fourth-order valence-corrected chi connectivity index (χ4v) is 4.19. The summed E-state index contributed by atoms with van der Waals surface area (Å²) in [6, 6.07) is 10.4. The maximum Gasteiger partial charge on any atom is 0.411 e. The molecule has 1 heterocycles. The van der Waals surface area contributed by atoms with Crippen molar-refractivity contribution in [1.29, 1.82) is 0 Å². The molecule has 0 spiro atoms. The molecule has 0 saturated carbocycles. The van der Waals surface area contributed by atoms with Crippen molar-refractivity contribution in [3.8, 4) is 17.2 Å². The van der Waals surface area contributed by atoms with Gasteiger partial charge in [0, 0.05) is 23.0 Å². The van der Waals surface area contributed by atoms with Crippen molar-refractivity contribution in [1.82, 2.24) is 4.90 Å². The van der Waals surface area contributed by atoms with Crippen LogP contribution in [0.4, 0.5) is 10.5 Å². The highest BCUT2D eigenvalue weighted by molar-refractivity contribution is 6.30. The summed E-state index contributed by atoms with van der Waals surface area (Å²) in [5.41, 5.74) is 1.14. The van der Waals surface area contributed by atoms with Crippen LogP contribution < -0.4 is 19.5 Å². The van der Waals surface area contributed by atoms with E-state index in [1.807, 2.05) is 0 Å². The third kappa shape index (κ3) is 6.55. The van der Waals surface area contributed by atoms with Crippen molar-refractivity contribution in [3.63, 3.8) is 0 Å². The Bertz CT molecular complexity index is 974. The molecule has 0 aromatic heterocycles. The lowest BCUT2D eigenvalue weighted by Gasteiger charge is -2.31. The zero-order valence-corrected chi connectivity index (χ0v) is 20.5. The summed E-state index contributed by atoms with van der Waals surface area (Å²) < 4.78 is 21.3. The number of hydrogen-bond donors (Lipinski definition) is 1. The van der Waals surface area contributed by atoms with Gasteiger partial charge >= 0.3 is 6.09 Å². The summed E-state index contributed by atoms with van der Waals surface area (Å²) in [5, 5.41) is 3.31. The molecule has 1 amide bonds. The maximum absolute atomic E-state index is 12.7. The normalized spacial score (nSPS) is 14.4. The molecule has 1 aliphatic heterocycles. The Hall–Kier alpha value is -2.97. The molecule has 1 fully saturated rings. The molecule has 1 saturated heterocycles. The summed E-state index contributed by atoms with van der Waals surface area (Å²) >= 11 is 5.91. The number of carbonyl (C=O) groups is 2. The number of rotatable bonds is 10. The predicted molar refractivity (Wildman–Crippen MR) is 131 cm³/mol. The minimum atomic E-state index is -0.571. The Labute approximate surface area is 205 Å². The van der Waals surface area contributed by atoms with Gasteiger partial charge in [-0.2, -0.15) is 0 Å². The molecule has 0 aliphatic carbocycles. The number of nitrogens with zero attached hydrogens (tertiary/aromatic N) is 1. The van der Waals surface area contributed by atoms with E-state index >= 15 is 0 Å². The molecule has 0 unspecified atom stereocenters. The van der Waals surface area contributed by atoms with Crippen molar-refractivity contribution in [3.05, 3.63) is 47.0 Å². The number of methoxy groups -OCH3 is 3. The highest BCUT2D eigenvalue weighted by Crippen LogP contribution is 2.42. The number of likely N-dealkylation sites (tertiary alicyclic amines) is 1. The second-order valence-electron chi connectivity index (χ2n) is 7.98. The summed E-state index contributed by atoms with van der Waals surface area (Å²) in [6.45, 7) is 2.78. The van der Waals surface area contributed by atoms with Gasteiger partial charge in [0.05, 0.1) is 33.6 Å². The highest BCUT2D eigenvalue weighted by Gasteiger charge is 2.25. The summed E-state index contributed by atoms with van der Waals surface area (Å²) in [7, 11) is 4.51. The van der Waals surface area contributed by atoms with Crippen LogP contribution in [-0.2, 0) is 4.74 Å². The van der Waals surface area contributed by atoms with E-state index < -0.39 is 6.09 Å². The number of amides is 1. The van der Waals surface area contributed by atoms with Gasteiger partial charge in [0.25, 0.3) is 0 Å². The summed E-state index contributed by atoms with van der Waals surface area (Å²) in [4.78, 5) is 27.2. The standard InChI is InChI=1S/C25H31ClN2O6/c1-31-21-10-9-20(23(32-2)24(21)33-3)27-25(30)34-16-4-13-28-14-11-18(12-15-28)22(29)17-5-7-19(26)8-6-17/h5-10,18H,4,11-16H2,1-3H3,(H,27,30). The Kier molecular flexibility index (Phi) is 9.42. The molecule has 2 aromatic rings. The molecule has 34 heavy (non-hydrogen) atoms. The van der Waals surface area contributed by atoms with Crippen LogP contribution in [0.2, 0.25) is 5.02 Å². The van der Waals surface area contributed by atoms with Crippen LogP contribution in [0.3, 0.4) is 0 Å². The third-order valence-electron chi connectivity index (χ3n) is 5.88. The molecule has 1 N–H and O–H groups in total. The average Bonchev–Trinajstić information content (AvgIpc) is 2.86. The largest absolute Gasteiger partial charge is 0.493 e. The number of piperidine rings is 1. The fraction of sp³-hybridized carbons (Fsp3) is 0.440. The molecule has 184 valence electrons. The molecule has 1 aliphatic rings. The van der Waals surface area contributed by atoms with Crippen molar-refractivity contribution >= 4 is 29.2 Å². The van der Waals surface area contributed by atoms with E-state index in [4.69, 9.17) is 30.5 Å². The smallest absolute Gasteiger partial charge is 0.411 e. The molecule has 9 heteroatoms. The second kappa shape index (κ2) is 12.5. The van der Waals surface area contributed by atoms with E-state index in [0.717, 1.165) is 32.5 Å². The molecular formula is C25H31ClN2O6. The topological polar surface area (TPSA) is 86.3 Å². The van der Waals surface area contributed by atoms with Gasteiger partial charge < -0.3 is 23.8 Å². The first-order valence-electron chi connectivity index (χ1n) is 11.2. The van der Waals surface area contributed by atoms with Gasteiger partial charge in [-0.1, -0.05) is 11.6 Å². The molecule has 8 nitrogen and oxygen atoms in total. The quantitative estimate of drug-likeness (QED) is 0.374. The molecule has 0 radical (unpaired) electrons. The van der Waals surface area contributed by atoms with E-state index in [-0.39, 0.29) is 18.3 Å². The molecule has 0 bridgehead atoms. The van der Waals surface area contributed by atoms with Crippen molar-refractivity contribution < 1.29 is 28.5 Å². The average molecular weight is 491 g/mol. The number of ether oxygens (including phenoxy) is 4. The van der Waals surface area contributed by atoms with Gasteiger partial charge in [0.1, 0.15) is 0 Å². The molecule has 0 atom stereocenters. The number of carbonyl (C=O) groups excluding carboxylic acids is 2. The van der Waals surface area contributed by atoms with Crippen LogP contribution in [0.5, 0.6) is 17.2 Å². The highest BCUT2D eigenvalue weighted by atomic mass is 35.5. The number of halogens is 1. The maximum atomic E-state index is 12.7. The van der Waals surface area contributed by atoms with Crippen LogP contribution in [-0.4, -0.2) is 64.3 Å². The first-order valence-corrected chi connectivity index (χ1v) is 11.6. The Balaban J connectivity index is 1.39. The SMILES string of the molecule is COc1ccc(NC(=O)OCCCN2CCC(C(=O)c3ccc(Cl)cc3)CC2)c(OC)c1OC. The lowest BCUT2D eigenvalue weighted by Crippen LogP contribution is -2.37. The van der Waals surface area contributed by atoms with Crippen molar-refractivity contribution in [2.24, 2.45) is 5.92 Å². The number of nitrogens with one attached hydrogen (secondary N) is 1.